The predicted octanol–water partition coefficient (Wildman–Crippen LogP) is 0.635. The number of rotatable bonds is 8. The molecule has 18 heavy (non-hydrogen) atoms. The van der Waals surface area contributed by atoms with Crippen molar-refractivity contribution in [2.75, 3.05) is 38.8 Å². The van der Waals surface area contributed by atoms with Crippen molar-refractivity contribution in [3.63, 3.8) is 0 Å². The Hall–Kier alpha value is -1.17. The van der Waals surface area contributed by atoms with Crippen molar-refractivity contribution in [1.29, 1.82) is 0 Å². The van der Waals surface area contributed by atoms with Crippen LogP contribution in [0, 0.1) is 0 Å². The second kappa shape index (κ2) is 8.02. The molecule has 0 saturated carbocycles. The largest absolute Gasteiger partial charge is 0.392 e. The first kappa shape index (κ1) is 14.9. The monoisotopic (exact) mass is 253 g/mol. The van der Waals surface area contributed by atoms with E-state index in [0.29, 0.717) is 13.2 Å². The third kappa shape index (κ3) is 5.00. The van der Waals surface area contributed by atoms with Crippen LogP contribution in [0.25, 0.3) is 0 Å². The molecule has 0 amide bonds. The van der Waals surface area contributed by atoms with Crippen LogP contribution in [0.2, 0.25) is 0 Å². The molecule has 1 rings (SSSR count). The molecule has 5 heteroatoms. The van der Waals surface area contributed by atoms with Gasteiger partial charge in [0.15, 0.2) is 0 Å². The number of ether oxygens (including phenoxy) is 1. The van der Waals surface area contributed by atoms with Gasteiger partial charge in [-0.3, -0.25) is 0 Å². The van der Waals surface area contributed by atoms with Gasteiger partial charge in [-0.15, -0.1) is 0 Å². The average molecular weight is 253 g/mol. The number of aromatic nitrogens is 1. The van der Waals surface area contributed by atoms with E-state index in [1.165, 1.54) is 0 Å². The number of likely N-dealkylation sites (N-methyl/N-ethyl adjacent to an activating group) is 1. The molecule has 1 aromatic rings. The molecule has 0 radical (unpaired) electrons. The zero-order chi connectivity index (χ0) is 13.4. The lowest BCUT2D eigenvalue weighted by molar-refractivity contribution is 0.199. The number of hydrogen-bond acceptors (Lipinski definition) is 5. The summed E-state index contributed by atoms with van der Waals surface area (Å²) in [6, 6.07) is 3.97. The van der Waals surface area contributed by atoms with Crippen LogP contribution in [0.4, 0.5) is 5.82 Å². The first-order valence-electron chi connectivity index (χ1n) is 6.18. The Bertz CT molecular complexity index is 345. The Morgan fingerprint density at radius 1 is 1.56 bits per heavy atom. The zero-order valence-corrected chi connectivity index (χ0v) is 11.4. The van der Waals surface area contributed by atoms with Crippen molar-refractivity contribution < 1.29 is 9.84 Å². The van der Waals surface area contributed by atoms with Gasteiger partial charge in [0, 0.05) is 45.6 Å². The topological polar surface area (TPSA) is 57.6 Å². The number of methoxy groups -OCH3 is 1. The predicted molar refractivity (Wildman–Crippen MR) is 72.8 cm³/mol. The van der Waals surface area contributed by atoms with Crippen molar-refractivity contribution in [3.05, 3.63) is 23.9 Å². The smallest absolute Gasteiger partial charge is 0.132 e. The van der Waals surface area contributed by atoms with Gasteiger partial charge < -0.3 is 20.1 Å². The van der Waals surface area contributed by atoms with E-state index in [4.69, 9.17) is 4.74 Å². The van der Waals surface area contributed by atoms with E-state index < -0.39 is 0 Å². The summed E-state index contributed by atoms with van der Waals surface area (Å²) in [7, 11) is 3.63. The van der Waals surface area contributed by atoms with Crippen molar-refractivity contribution >= 4 is 5.82 Å². The molecule has 1 heterocycles. The Kier molecular flexibility index (Phi) is 6.64. The van der Waals surface area contributed by atoms with E-state index in [0.717, 1.165) is 24.5 Å². The van der Waals surface area contributed by atoms with Crippen LogP contribution in [0.15, 0.2) is 18.3 Å². The van der Waals surface area contributed by atoms with Gasteiger partial charge in [0.05, 0.1) is 12.7 Å². The average Bonchev–Trinajstić information content (AvgIpc) is 2.34. The van der Waals surface area contributed by atoms with Crippen LogP contribution in [-0.4, -0.2) is 50.0 Å². The number of nitrogens with one attached hydrogen (secondary N) is 1. The van der Waals surface area contributed by atoms with Crippen LogP contribution >= 0.6 is 0 Å². The van der Waals surface area contributed by atoms with E-state index in [-0.39, 0.29) is 6.10 Å². The summed E-state index contributed by atoms with van der Waals surface area (Å²) in [5.41, 5.74) is 1.12. The molecule has 1 aromatic heterocycles. The van der Waals surface area contributed by atoms with E-state index >= 15 is 0 Å². The van der Waals surface area contributed by atoms with Gasteiger partial charge in [-0.1, -0.05) is 6.07 Å². The first-order valence-corrected chi connectivity index (χ1v) is 6.18. The fourth-order valence-corrected chi connectivity index (χ4v) is 1.79. The van der Waals surface area contributed by atoms with Gasteiger partial charge in [0.1, 0.15) is 5.82 Å². The van der Waals surface area contributed by atoms with Crippen LogP contribution in [0.1, 0.15) is 12.5 Å². The van der Waals surface area contributed by atoms with Crippen LogP contribution in [0.5, 0.6) is 0 Å². The lowest BCUT2D eigenvalue weighted by Crippen LogP contribution is -2.29. The van der Waals surface area contributed by atoms with Gasteiger partial charge in [0.2, 0.25) is 0 Å². The zero-order valence-electron chi connectivity index (χ0n) is 11.4. The van der Waals surface area contributed by atoms with Crippen LogP contribution < -0.4 is 10.2 Å². The van der Waals surface area contributed by atoms with Crippen molar-refractivity contribution in [3.8, 4) is 0 Å². The molecule has 0 aromatic carbocycles. The second-order valence-electron chi connectivity index (χ2n) is 4.39. The molecule has 0 aliphatic rings. The fraction of sp³-hybridized carbons (Fsp3) is 0.615. The summed E-state index contributed by atoms with van der Waals surface area (Å²) in [6.07, 6.45) is 1.40. The number of hydrogen-bond donors (Lipinski definition) is 2. The highest BCUT2D eigenvalue weighted by Crippen LogP contribution is 2.15. The molecule has 0 aliphatic heterocycles. The molecule has 1 atom stereocenters. The van der Waals surface area contributed by atoms with E-state index in [1.54, 1.807) is 20.2 Å². The standard InChI is InChI=1S/C13H23N3O2/c1-11(17)10-16(2)13-12(5-4-6-15-13)9-14-7-8-18-3/h4-6,11,14,17H,7-10H2,1-3H3. The molecule has 0 bridgehead atoms. The normalized spacial score (nSPS) is 12.4. The van der Waals surface area contributed by atoms with Crippen LogP contribution in [0.3, 0.4) is 0 Å². The Balaban J connectivity index is 2.61. The molecule has 0 aliphatic carbocycles. The van der Waals surface area contributed by atoms with Crippen molar-refractivity contribution in [2.45, 2.75) is 19.6 Å². The lowest BCUT2D eigenvalue weighted by Gasteiger charge is -2.22. The molecule has 0 saturated heterocycles. The minimum Gasteiger partial charge on any atom is -0.392 e. The van der Waals surface area contributed by atoms with E-state index in [1.807, 2.05) is 24.1 Å². The maximum absolute atomic E-state index is 9.42. The number of aliphatic hydroxyl groups excluding tert-OH is 1. The van der Waals surface area contributed by atoms with E-state index in [2.05, 4.69) is 10.3 Å². The molecule has 102 valence electrons. The van der Waals surface area contributed by atoms with Crippen LogP contribution in [-0.2, 0) is 11.3 Å². The second-order valence-corrected chi connectivity index (χ2v) is 4.39. The summed E-state index contributed by atoms with van der Waals surface area (Å²) < 4.78 is 4.99. The highest BCUT2D eigenvalue weighted by Gasteiger charge is 2.10. The summed E-state index contributed by atoms with van der Waals surface area (Å²) in [4.78, 5) is 6.34. The summed E-state index contributed by atoms with van der Waals surface area (Å²) in [5, 5.41) is 12.7. The number of anilines is 1. The van der Waals surface area contributed by atoms with Gasteiger partial charge in [0.25, 0.3) is 0 Å². The number of aliphatic hydroxyl groups is 1. The third-order valence-electron chi connectivity index (χ3n) is 2.57. The Morgan fingerprint density at radius 2 is 2.33 bits per heavy atom. The molecule has 0 fully saturated rings. The first-order chi connectivity index (χ1) is 8.65. The SMILES string of the molecule is COCCNCc1cccnc1N(C)CC(C)O. The Morgan fingerprint density at radius 3 is 3.00 bits per heavy atom. The molecular weight excluding hydrogens is 230 g/mol. The quantitative estimate of drug-likeness (QED) is 0.666. The number of nitrogens with zero attached hydrogens (tertiary/aromatic N) is 2. The number of pyridine rings is 1. The van der Waals surface area contributed by atoms with Crippen molar-refractivity contribution in [2.24, 2.45) is 0 Å². The molecule has 2 N–H and O–H groups in total. The lowest BCUT2D eigenvalue weighted by atomic mass is 10.2. The van der Waals surface area contributed by atoms with E-state index in [9.17, 15) is 5.11 Å². The summed E-state index contributed by atoms with van der Waals surface area (Å²) in [5.74, 6) is 0.906. The highest BCUT2D eigenvalue weighted by atomic mass is 16.5. The van der Waals surface area contributed by atoms with Crippen molar-refractivity contribution in [1.82, 2.24) is 10.3 Å². The summed E-state index contributed by atoms with van der Waals surface area (Å²) in [6.45, 7) is 4.60. The maximum Gasteiger partial charge on any atom is 0.132 e. The minimum atomic E-state index is -0.369. The summed E-state index contributed by atoms with van der Waals surface area (Å²) >= 11 is 0. The third-order valence-corrected chi connectivity index (χ3v) is 2.57. The minimum absolute atomic E-state index is 0.369. The highest BCUT2D eigenvalue weighted by molar-refractivity contribution is 5.45. The molecule has 5 nitrogen and oxygen atoms in total. The molecule has 1 unspecified atom stereocenters. The molecule has 0 spiro atoms. The Labute approximate surface area is 109 Å². The molecular formula is C13H23N3O2. The van der Waals surface area contributed by atoms with Gasteiger partial charge in [-0.2, -0.15) is 0 Å². The maximum atomic E-state index is 9.42. The fourth-order valence-electron chi connectivity index (χ4n) is 1.79. The van der Waals surface area contributed by atoms with Gasteiger partial charge in [-0.05, 0) is 13.0 Å². The van der Waals surface area contributed by atoms with Gasteiger partial charge >= 0.3 is 0 Å². The van der Waals surface area contributed by atoms with Gasteiger partial charge in [-0.25, -0.2) is 4.98 Å².